The molecule has 0 bridgehead atoms. The largest absolute Gasteiger partial charge is 0.481 e. The summed E-state index contributed by atoms with van der Waals surface area (Å²) in [6, 6.07) is -0.987. The number of oxime groups is 1. The zero-order chi connectivity index (χ0) is 29.0. The number of nitrogen functional groups attached to an aromatic ring is 1. The molecule has 40 heavy (non-hydrogen) atoms. The molecule has 0 aliphatic carbocycles. The summed E-state index contributed by atoms with van der Waals surface area (Å²) >= 11 is 3.18. The summed E-state index contributed by atoms with van der Waals surface area (Å²) in [7, 11) is 0. The molecule has 18 nitrogen and oxygen atoms in total. The van der Waals surface area contributed by atoms with Crippen molar-refractivity contribution >= 4 is 69.7 Å². The van der Waals surface area contributed by atoms with Crippen LogP contribution in [0.2, 0.25) is 0 Å². The summed E-state index contributed by atoms with van der Waals surface area (Å²) in [5.41, 5.74) is 9.40. The summed E-state index contributed by atoms with van der Waals surface area (Å²) in [6.45, 7) is 2.08. The highest BCUT2D eigenvalue weighted by Crippen LogP contribution is 2.44. The Morgan fingerprint density at radius 3 is 2.80 bits per heavy atom. The van der Waals surface area contributed by atoms with Crippen LogP contribution in [0.25, 0.3) is 0 Å². The minimum Gasteiger partial charge on any atom is -0.481 e. The number of amides is 2. The molecule has 0 spiro atoms. The standard InChI is InChI=1S/C19H25N11O7S3/c1-8(15(33)34)37-25-9(11-23-17(21)40-26-11)12(31)22-10-13(32)29-5-19(16(35)36,6-38-14(10)29)7-39-18-24-27-28-30(18)4-2-3-20/h8,10,14H,2-7,20H2,1H3,(H,22,31)(H,33,34)(H,35,36)(H2,21,23,26)/t8?,10?,14-,19?/m1/s1. The molecule has 3 unspecified atom stereocenters. The van der Waals surface area contributed by atoms with E-state index in [9.17, 15) is 24.3 Å². The number of aryl methyl sites for hydroxylation is 1. The number of nitrogens with zero attached hydrogens (tertiary/aromatic N) is 8. The van der Waals surface area contributed by atoms with Crippen LogP contribution >= 0.6 is 35.1 Å². The Morgan fingerprint density at radius 2 is 2.15 bits per heavy atom. The third-order valence-corrected chi connectivity index (χ3v) is 9.33. The fourth-order valence-corrected chi connectivity index (χ4v) is 6.89. The number of fused-ring (bicyclic) bond motifs is 1. The lowest BCUT2D eigenvalue weighted by Gasteiger charge is -2.53. The predicted molar refractivity (Wildman–Crippen MR) is 141 cm³/mol. The van der Waals surface area contributed by atoms with Gasteiger partial charge < -0.3 is 36.7 Å². The van der Waals surface area contributed by atoms with Crippen LogP contribution in [0.4, 0.5) is 5.13 Å². The van der Waals surface area contributed by atoms with Crippen LogP contribution in [0.3, 0.4) is 0 Å². The van der Waals surface area contributed by atoms with Crippen LogP contribution < -0.4 is 16.8 Å². The van der Waals surface area contributed by atoms with Crippen molar-refractivity contribution in [2.24, 2.45) is 16.3 Å². The van der Waals surface area contributed by atoms with Gasteiger partial charge in [-0.1, -0.05) is 16.9 Å². The minimum atomic E-state index is -1.37. The smallest absolute Gasteiger partial charge is 0.347 e. The van der Waals surface area contributed by atoms with Crippen LogP contribution in [0.1, 0.15) is 19.2 Å². The van der Waals surface area contributed by atoms with Crippen molar-refractivity contribution in [1.82, 2.24) is 39.8 Å². The topological polar surface area (TPSA) is 267 Å². The lowest BCUT2D eigenvalue weighted by atomic mass is 9.89. The summed E-state index contributed by atoms with van der Waals surface area (Å²) in [5, 5.41) is 36.7. The number of rotatable bonds is 13. The van der Waals surface area contributed by atoms with Gasteiger partial charge in [-0.25, -0.2) is 9.48 Å². The lowest BCUT2D eigenvalue weighted by molar-refractivity contribution is -0.157. The number of nitrogens with one attached hydrogen (secondary N) is 1. The molecule has 4 heterocycles. The van der Waals surface area contributed by atoms with Crippen LogP contribution in [0.5, 0.6) is 0 Å². The van der Waals surface area contributed by atoms with E-state index in [0.29, 0.717) is 24.7 Å². The van der Waals surface area contributed by atoms with Crippen molar-refractivity contribution in [2.75, 3.05) is 30.3 Å². The Morgan fingerprint density at radius 1 is 1.38 bits per heavy atom. The average molecular weight is 616 g/mol. The number of carbonyl (C=O) groups excluding carboxylic acids is 2. The summed E-state index contributed by atoms with van der Waals surface area (Å²) in [5.74, 6) is -3.69. The number of carboxylic acids is 2. The molecule has 0 saturated carbocycles. The first-order valence-electron chi connectivity index (χ1n) is 11.7. The van der Waals surface area contributed by atoms with E-state index >= 15 is 0 Å². The van der Waals surface area contributed by atoms with Crippen molar-refractivity contribution in [1.29, 1.82) is 0 Å². The van der Waals surface area contributed by atoms with Gasteiger partial charge in [0.15, 0.2) is 5.13 Å². The fourth-order valence-electron chi connectivity index (χ4n) is 3.69. The van der Waals surface area contributed by atoms with Gasteiger partial charge in [0.2, 0.25) is 28.7 Å². The third kappa shape index (κ3) is 6.10. The molecular weight excluding hydrogens is 590 g/mol. The van der Waals surface area contributed by atoms with Gasteiger partial charge in [-0.3, -0.25) is 14.4 Å². The molecule has 216 valence electrons. The molecule has 4 rings (SSSR count). The maximum atomic E-state index is 13.0. The molecule has 0 radical (unpaired) electrons. The van der Waals surface area contributed by atoms with E-state index in [1.807, 2.05) is 0 Å². The monoisotopic (exact) mass is 615 g/mol. The molecule has 2 aromatic heterocycles. The normalized spacial score (nSPS) is 23.2. The maximum Gasteiger partial charge on any atom is 0.347 e. The van der Waals surface area contributed by atoms with Gasteiger partial charge in [-0.15, -0.1) is 16.9 Å². The Balaban J connectivity index is 1.43. The number of aromatic nitrogens is 6. The molecule has 2 aromatic rings. The number of carboxylic acid groups (broad SMARTS) is 2. The Bertz CT molecular complexity index is 1320. The van der Waals surface area contributed by atoms with Crippen molar-refractivity contribution in [2.45, 2.75) is 42.6 Å². The summed E-state index contributed by atoms with van der Waals surface area (Å²) in [4.78, 5) is 59.6. The molecule has 0 aromatic carbocycles. The molecule has 21 heteroatoms. The first kappa shape index (κ1) is 29.4. The van der Waals surface area contributed by atoms with Gasteiger partial charge in [0.25, 0.3) is 5.91 Å². The van der Waals surface area contributed by atoms with Gasteiger partial charge in [0.1, 0.15) is 16.8 Å². The second-order valence-corrected chi connectivity index (χ2v) is 11.6. The van der Waals surface area contributed by atoms with Crippen LogP contribution in [0, 0.1) is 5.41 Å². The molecular formula is C19H25N11O7S3. The molecule has 2 amide bonds. The summed E-state index contributed by atoms with van der Waals surface area (Å²) < 4.78 is 5.46. The van der Waals surface area contributed by atoms with E-state index < -0.39 is 52.4 Å². The quantitative estimate of drug-likeness (QED) is 0.0699. The van der Waals surface area contributed by atoms with Gasteiger partial charge in [0.05, 0.1) is 0 Å². The molecule has 2 aliphatic heterocycles. The zero-order valence-corrected chi connectivity index (χ0v) is 23.3. The molecule has 7 N–H and O–H groups in total. The number of carbonyl (C=O) groups is 4. The van der Waals surface area contributed by atoms with Crippen molar-refractivity contribution < 1.29 is 34.2 Å². The van der Waals surface area contributed by atoms with Gasteiger partial charge in [-0.05, 0) is 30.3 Å². The van der Waals surface area contributed by atoms with Crippen molar-refractivity contribution in [3.63, 3.8) is 0 Å². The Labute approximate surface area is 238 Å². The van der Waals surface area contributed by atoms with Crippen LogP contribution in [-0.4, -0.2) is 116 Å². The zero-order valence-electron chi connectivity index (χ0n) is 20.9. The second kappa shape index (κ2) is 12.3. The predicted octanol–water partition coefficient (Wildman–Crippen LogP) is -2.09. The highest BCUT2D eigenvalue weighted by Gasteiger charge is 2.57. The van der Waals surface area contributed by atoms with E-state index in [0.717, 1.165) is 11.5 Å². The number of hydrogen-bond acceptors (Lipinski definition) is 16. The number of hydrogen-bond donors (Lipinski definition) is 5. The number of tetrazole rings is 1. The Hall–Kier alpha value is -3.56. The minimum absolute atomic E-state index is 0.0341. The van der Waals surface area contributed by atoms with E-state index in [2.05, 4.69) is 35.4 Å². The van der Waals surface area contributed by atoms with E-state index in [4.69, 9.17) is 21.4 Å². The number of β-lactam (4-membered cyclic amide) rings is 1. The molecule has 2 aliphatic rings. The highest BCUT2D eigenvalue weighted by atomic mass is 32.2. The molecule has 2 saturated heterocycles. The van der Waals surface area contributed by atoms with E-state index in [-0.39, 0.29) is 29.0 Å². The van der Waals surface area contributed by atoms with E-state index in [1.54, 1.807) is 4.68 Å². The number of aliphatic carboxylic acids is 2. The summed E-state index contributed by atoms with van der Waals surface area (Å²) in [6.07, 6.45) is -0.723. The maximum absolute atomic E-state index is 13.0. The first-order chi connectivity index (χ1) is 19.1. The van der Waals surface area contributed by atoms with Crippen LogP contribution in [0.15, 0.2) is 10.3 Å². The molecule has 2 fully saturated rings. The number of thioether (sulfide) groups is 2. The first-order valence-corrected chi connectivity index (χ1v) is 14.5. The van der Waals surface area contributed by atoms with Gasteiger partial charge in [-0.2, -0.15) is 9.36 Å². The van der Waals surface area contributed by atoms with Crippen molar-refractivity contribution in [3.8, 4) is 0 Å². The fraction of sp³-hybridized carbons (Fsp3) is 0.579. The number of anilines is 1. The molecule has 4 atom stereocenters. The highest BCUT2D eigenvalue weighted by molar-refractivity contribution is 8.00. The lowest BCUT2D eigenvalue weighted by Crippen LogP contribution is -2.74. The van der Waals surface area contributed by atoms with Crippen LogP contribution in [-0.2, 0) is 30.6 Å². The second-order valence-electron chi connectivity index (χ2n) is 8.80. The average Bonchev–Trinajstić information content (AvgIpc) is 3.57. The van der Waals surface area contributed by atoms with E-state index in [1.165, 1.54) is 35.3 Å². The Kier molecular flexibility index (Phi) is 9.05. The van der Waals surface area contributed by atoms with Gasteiger partial charge in [0, 0.05) is 36.1 Å². The van der Waals surface area contributed by atoms with Crippen molar-refractivity contribution in [3.05, 3.63) is 5.82 Å². The van der Waals surface area contributed by atoms with Gasteiger partial charge >= 0.3 is 11.9 Å². The number of nitrogens with two attached hydrogens (primary N) is 2. The third-order valence-electron chi connectivity index (χ3n) is 5.95. The SMILES string of the molecule is CC(ON=C(C(=O)NC1C(=O)N2CC(CSc3nnnn3CCCN)(C(=O)O)CS[C@H]12)c1nsc(N)n1)C(=O)O.